The SMILES string of the molecule is C[C@H](CCC(=O)Nc1nccs1)[C@@H]1CC[C@@H]2[C@@H]3[C@H](O)C[C@H]4C[C@H](O)CC[C@]4(C)[C@@H]3C[C@H](O)[C@@]21C. The van der Waals surface area contributed by atoms with E-state index in [9.17, 15) is 20.1 Å². The fraction of sp³-hybridized carbons (Fsp3) is 0.852. The second kappa shape index (κ2) is 9.13. The molecule has 4 aliphatic rings. The van der Waals surface area contributed by atoms with Gasteiger partial charge in [0.15, 0.2) is 5.13 Å². The molecular weight excluding hydrogens is 448 g/mol. The van der Waals surface area contributed by atoms with Gasteiger partial charge in [0.05, 0.1) is 18.3 Å². The number of fused-ring (bicyclic) bond motifs is 5. The number of aliphatic hydroxyl groups is 3. The van der Waals surface area contributed by atoms with E-state index in [2.05, 4.69) is 31.1 Å². The zero-order valence-corrected chi connectivity index (χ0v) is 21.6. The molecule has 4 aliphatic carbocycles. The van der Waals surface area contributed by atoms with Crippen LogP contribution in [0.2, 0.25) is 0 Å². The predicted octanol–water partition coefficient (Wildman–Crippen LogP) is 4.46. The summed E-state index contributed by atoms with van der Waals surface area (Å²) in [6.45, 7) is 6.89. The molecule has 0 spiro atoms. The number of nitrogens with zero attached hydrogens (tertiary/aromatic N) is 1. The summed E-state index contributed by atoms with van der Waals surface area (Å²) in [7, 11) is 0. The molecule has 5 rings (SSSR count). The Hall–Kier alpha value is -1.02. The average Bonchev–Trinajstić information content (AvgIpc) is 3.42. The van der Waals surface area contributed by atoms with Gasteiger partial charge in [0.1, 0.15) is 0 Å². The second-order valence-corrected chi connectivity index (χ2v) is 13.3. The lowest BCUT2D eigenvalue weighted by Crippen LogP contribution is -2.62. The molecule has 0 aliphatic heterocycles. The van der Waals surface area contributed by atoms with Crippen LogP contribution in [0.3, 0.4) is 0 Å². The molecule has 7 heteroatoms. The second-order valence-electron chi connectivity index (χ2n) is 12.4. The molecule has 1 aromatic rings. The Morgan fingerprint density at radius 1 is 1.18 bits per heavy atom. The van der Waals surface area contributed by atoms with Crippen molar-refractivity contribution in [1.29, 1.82) is 0 Å². The third kappa shape index (κ3) is 3.95. The van der Waals surface area contributed by atoms with E-state index in [1.54, 1.807) is 6.20 Å². The summed E-state index contributed by atoms with van der Waals surface area (Å²) < 4.78 is 0. The lowest BCUT2D eigenvalue weighted by Gasteiger charge is -2.63. The maximum Gasteiger partial charge on any atom is 0.226 e. The van der Waals surface area contributed by atoms with Gasteiger partial charge in [0.25, 0.3) is 0 Å². The van der Waals surface area contributed by atoms with Crippen molar-refractivity contribution in [2.24, 2.45) is 46.3 Å². The Labute approximate surface area is 207 Å². The number of carbonyl (C=O) groups is 1. The van der Waals surface area contributed by atoms with Crippen LogP contribution < -0.4 is 5.32 Å². The minimum absolute atomic E-state index is 0.00640. The number of nitrogens with one attached hydrogen (secondary N) is 1. The minimum atomic E-state index is -0.382. The van der Waals surface area contributed by atoms with Crippen molar-refractivity contribution in [1.82, 2.24) is 4.98 Å². The number of aromatic nitrogens is 1. The fourth-order valence-corrected chi connectivity index (χ4v) is 9.70. The molecular formula is C27H42N2O4S. The van der Waals surface area contributed by atoms with Crippen molar-refractivity contribution < 1.29 is 20.1 Å². The van der Waals surface area contributed by atoms with Crippen LogP contribution in [0.15, 0.2) is 11.6 Å². The van der Waals surface area contributed by atoms with Crippen LogP contribution in [0.1, 0.15) is 78.6 Å². The minimum Gasteiger partial charge on any atom is -0.393 e. The predicted molar refractivity (Wildman–Crippen MR) is 133 cm³/mol. The fourth-order valence-electron chi connectivity index (χ4n) is 9.16. The number of rotatable bonds is 5. The number of hydrogen-bond donors (Lipinski definition) is 4. The summed E-state index contributed by atoms with van der Waals surface area (Å²) in [5, 5.41) is 38.7. The molecule has 190 valence electrons. The monoisotopic (exact) mass is 490 g/mol. The Morgan fingerprint density at radius 2 is 1.97 bits per heavy atom. The van der Waals surface area contributed by atoms with Crippen molar-refractivity contribution in [2.75, 3.05) is 5.32 Å². The normalized spacial score (nSPS) is 46.8. The van der Waals surface area contributed by atoms with Gasteiger partial charge in [-0.25, -0.2) is 4.98 Å². The smallest absolute Gasteiger partial charge is 0.226 e. The number of thiazole rings is 1. The summed E-state index contributed by atoms with van der Waals surface area (Å²) in [6.07, 6.45) is 8.26. The van der Waals surface area contributed by atoms with Crippen LogP contribution in [-0.2, 0) is 4.79 Å². The first kappa shape index (κ1) is 24.7. The van der Waals surface area contributed by atoms with Gasteiger partial charge >= 0.3 is 0 Å². The highest BCUT2D eigenvalue weighted by Gasteiger charge is 2.65. The van der Waals surface area contributed by atoms with Gasteiger partial charge in [0, 0.05) is 18.0 Å². The largest absolute Gasteiger partial charge is 0.393 e. The van der Waals surface area contributed by atoms with E-state index in [4.69, 9.17) is 0 Å². The topological polar surface area (TPSA) is 103 Å². The van der Waals surface area contributed by atoms with Crippen LogP contribution in [0.25, 0.3) is 0 Å². The van der Waals surface area contributed by atoms with Crippen molar-refractivity contribution in [3.8, 4) is 0 Å². The standard InChI is InChI=1S/C27H42N2O4S/c1-15(4-7-23(33)29-25-28-10-11-34-25)18-5-6-19-24-20(14-22(32)27(18,19)3)26(2)9-8-17(30)12-16(26)13-21(24)31/h10-11,15-22,24,30-32H,4-9,12-14H2,1-3H3,(H,28,29,33)/t15-,16-,17-,18+,19-,20-,21-,22+,24+,26+,27-/m1/s1. The Morgan fingerprint density at radius 3 is 2.71 bits per heavy atom. The molecule has 1 heterocycles. The quantitative estimate of drug-likeness (QED) is 0.488. The molecule has 1 amide bonds. The summed E-state index contributed by atoms with van der Waals surface area (Å²) >= 11 is 1.43. The van der Waals surface area contributed by atoms with Crippen LogP contribution in [0, 0.1) is 46.3 Å². The lowest BCUT2D eigenvalue weighted by molar-refractivity contribution is -0.207. The molecule has 0 radical (unpaired) electrons. The van der Waals surface area contributed by atoms with Crippen LogP contribution >= 0.6 is 11.3 Å². The molecule has 4 N–H and O–H groups in total. The molecule has 0 bridgehead atoms. The Kier molecular flexibility index (Phi) is 6.62. The van der Waals surface area contributed by atoms with Gasteiger partial charge < -0.3 is 20.6 Å². The summed E-state index contributed by atoms with van der Waals surface area (Å²) in [4.78, 5) is 16.6. The van der Waals surface area contributed by atoms with E-state index >= 15 is 0 Å². The van der Waals surface area contributed by atoms with E-state index in [0.29, 0.717) is 41.1 Å². The number of hydrogen-bond acceptors (Lipinski definition) is 6. The molecule has 0 aromatic carbocycles. The first-order valence-corrected chi connectivity index (χ1v) is 14.3. The maximum atomic E-state index is 12.4. The number of aliphatic hydroxyl groups excluding tert-OH is 3. The molecule has 0 saturated heterocycles. The third-order valence-corrected chi connectivity index (χ3v) is 11.7. The molecule has 4 fully saturated rings. The van der Waals surface area contributed by atoms with Gasteiger partial charge in [0.2, 0.25) is 5.91 Å². The molecule has 4 saturated carbocycles. The molecule has 0 unspecified atom stereocenters. The van der Waals surface area contributed by atoms with Crippen molar-refractivity contribution in [3.05, 3.63) is 11.6 Å². The maximum absolute atomic E-state index is 12.4. The Bertz CT molecular complexity index is 880. The van der Waals surface area contributed by atoms with Gasteiger partial charge in [-0.05, 0) is 97.7 Å². The zero-order valence-electron chi connectivity index (χ0n) is 20.8. The van der Waals surface area contributed by atoms with E-state index < -0.39 is 0 Å². The molecule has 11 atom stereocenters. The van der Waals surface area contributed by atoms with E-state index in [-0.39, 0.29) is 41.0 Å². The molecule has 34 heavy (non-hydrogen) atoms. The molecule has 6 nitrogen and oxygen atoms in total. The van der Waals surface area contributed by atoms with Gasteiger partial charge in [-0.15, -0.1) is 11.3 Å². The van der Waals surface area contributed by atoms with E-state index in [1.165, 1.54) is 11.3 Å². The van der Waals surface area contributed by atoms with E-state index in [0.717, 1.165) is 51.4 Å². The van der Waals surface area contributed by atoms with Crippen LogP contribution in [-0.4, -0.2) is 44.5 Å². The summed E-state index contributed by atoms with van der Waals surface area (Å²) in [6, 6.07) is 0. The highest BCUT2D eigenvalue weighted by molar-refractivity contribution is 7.13. The number of amides is 1. The zero-order chi connectivity index (χ0) is 24.3. The summed E-state index contributed by atoms with van der Waals surface area (Å²) in [5.41, 5.74) is -0.117. The van der Waals surface area contributed by atoms with Gasteiger partial charge in [-0.2, -0.15) is 0 Å². The van der Waals surface area contributed by atoms with Crippen LogP contribution in [0.5, 0.6) is 0 Å². The van der Waals surface area contributed by atoms with Crippen molar-refractivity contribution in [3.63, 3.8) is 0 Å². The number of anilines is 1. The van der Waals surface area contributed by atoms with E-state index in [1.807, 2.05) is 5.38 Å². The van der Waals surface area contributed by atoms with Gasteiger partial charge in [-0.1, -0.05) is 20.8 Å². The number of carbonyl (C=O) groups excluding carboxylic acids is 1. The highest BCUT2D eigenvalue weighted by atomic mass is 32.1. The van der Waals surface area contributed by atoms with Crippen molar-refractivity contribution in [2.45, 2.75) is 96.9 Å². The molecule has 1 aromatic heterocycles. The third-order valence-electron chi connectivity index (χ3n) is 11.0. The lowest BCUT2D eigenvalue weighted by atomic mass is 9.43. The Balaban J connectivity index is 1.30. The van der Waals surface area contributed by atoms with Crippen LogP contribution in [0.4, 0.5) is 5.13 Å². The van der Waals surface area contributed by atoms with Crippen molar-refractivity contribution >= 4 is 22.4 Å². The highest BCUT2D eigenvalue weighted by Crippen LogP contribution is 2.68. The summed E-state index contributed by atoms with van der Waals surface area (Å²) in [5.74, 6) is 1.90. The van der Waals surface area contributed by atoms with Gasteiger partial charge in [-0.3, -0.25) is 4.79 Å². The first-order chi connectivity index (χ1) is 16.1. The average molecular weight is 491 g/mol. The first-order valence-electron chi connectivity index (χ1n) is 13.4.